The third-order valence-electron chi connectivity index (χ3n) is 6.04. The van der Waals surface area contributed by atoms with Crippen LogP contribution in [-0.4, -0.2) is 60.2 Å². The molecule has 0 N–H and O–H groups in total. The Bertz CT molecular complexity index is 923. The lowest BCUT2D eigenvalue weighted by atomic mass is 10.1. The zero-order valence-electron chi connectivity index (χ0n) is 18.6. The minimum Gasteiger partial charge on any atom is -0.467 e. The summed E-state index contributed by atoms with van der Waals surface area (Å²) in [6, 6.07) is 8.66. The first-order chi connectivity index (χ1) is 15.5. The minimum atomic E-state index is -0.207. The Balaban J connectivity index is 1.51. The SMILES string of the molecule is CCC(C)N(CC(=O)N(Cc1ccco1)CC1CCCO1)C(=O)c1ccc2c(c1)OCO2. The van der Waals surface area contributed by atoms with Gasteiger partial charge in [-0.05, 0) is 56.5 Å². The number of furan rings is 1. The molecule has 172 valence electrons. The Kier molecular flexibility index (Phi) is 6.99. The fraction of sp³-hybridized carbons (Fsp3) is 0.500. The third-order valence-corrected chi connectivity index (χ3v) is 6.04. The Morgan fingerprint density at radius 3 is 2.75 bits per heavy atom. The molecule has 2 aliphatic heterocycles. The lowest BCUT2D eigenvalue weighted by Crippen LogP contribution is -2.47. The van der Waals surface area contributed by atoms with Crippen LogP contribution in [0.2, 0.25) is 0 Å². The minimum absolute atomic E-state index is 0.00974. The molecule has 2 aromatic rings. The molecule has 1 aromatic heterocycles. The van der Waals surface area contributed by atoms with Crippen LogP contribution in [-0.2, 0) is 16.1 Å². The van der Waals surface area contributed by atoms with Crippen LogP contribution < -0.4 is 9.47 Å². The number of ether oxygens (including phenoxy) is 3. The van der Waals surface area contributed by atoms with Crippen LogP contribution in [0.25, 0.3) is 0 Å². The highest BCUT2D eigenvalue weighted by atomic mass is 16.7. The molecule has 1 fully saturated rings. The van der Waals surface area contributed by atoms with Gasteiger partial charge in [-0.3, -0.25) is 9.59 Å². The van der Waals surface area contributed by atoms with E-state index in [-0.39, 0.29) is 37.3 Å². The topological polar surface area (TPSA) is 81.5 Å². The highest BCUT2D eigenvalue weighted by Crippen LogP contribution is 2.33. The van der Waals surface area contributed by atoms with Crippen molar-refractivity contribution in [3.63, 3.8) is 0 Å². The molecule has 3 heterocycles. The van der Waals surface area contributed by atoms with E-state index in [0.29, 0.717) is 35.9 Å². The highest BCUT2D eigenvalue weighted by Gasteiger charge is 2.29. The van der Waals surface area contributed by atoms with Gasteiger partial charge in [0.2, 0.25) is 12.7 Å². The summed E-state index contributed by atoms with van der Waals surface area (Å²) in [4.78, 5) is 30.1. The standard InChI is InChI=1S/C24H30N2O6/c1-3-17(2)26(24(28)18-8-9-21-22(12-18)32-16-31-21)15-23(27)25(13-19-6-4-10-29-19)14-20-7-5-11-30-20/h4,6,8-10,12,17,20H,3,5,7,11,13-16H2,1-2H3. The van der Waals surface area contributed by atoms with Crippen molar-refractivity contribution >= 4 is 11.8 Å². The average molecular weight is 443 g/mol. The van der Waals surface area contributed by atoms with Gasteiger partial charge in [0.05, 0.1) is 18.9 Å². The molecule has 1 aromatic carbocycles. The van der Waals surface area contributed by atoms with Crippen LogP contribution >= 0.6 is 0 Å². The second kappa shape index (κ2) is 10.1. The molecule has 0 spiro atoms. The number of carbonyl (C=O) groups excluding carboxylic acids is 2. The average Bonchev–Trinajstić information content (AvgIpc) is 3.58. The monoisotopic (exact) mass is 442 g/mol. The zero-order valence-corrected chi connectivity index (χ0v) is 18.6. The predicted octanol–water partition coefficient (Wildman–Crippen LogP) is 3.46. The van der Waals surface area contributed by atoms with Gasteiger partial charge in [-0.25, -0.2) is 0 Å². The van der Waals surface area contributed by atoms with Crippen molar-refractivity contribution < 1.29 is 28.2 Å². The summed E-state index contributed by atoms with van der Waals surface area (Å²) in [7, 11) is 0. The molecular formula is C24H30N2O6. The van der Waals surface area contributed by atoms with Crippen molar-refractivity contribution in [3.05, 3.63) is 47.9 Å². The lowest BCUT2D eigenvalue weighted by Gasteiger charge is -2.32. The maximum absolute atomic E-state index is 13.4. The summed E-state index contributed by atoms with van der Waals surface area (Å²) in [6.45, 7) is 5.62. The van der Waals surface area contributed by atoms with Gasteiger partial charge < -0.3 is 28.4 Å². The predicted molar refractivity (Wildman–Crippen MR) is 116 cm³/mol. The lowest BCUT2D eigenvalue weighted by molar-refractivity contribution is -0.134. The van der Waals surface area contributed by atoms with Crippen LogP contribution in [0, 0.1) is 0 Å². The van der Waals surface area contributed by atoms with Gasteiger partial charge in [-0.1, -0.05) is 6.92 Å². The summed E-state index contributed by atoms with van der Waals surface area (Å²) >= 11 is 0. The first kappa shape index (κ1) is 22.2. The number of amides is 2. The Labute approximate surface area is 188 Å². The Morgan fingerprint density at radius 2 is 2.03 bits per heavy atom. The normalized spacial score (nSPS) is 17.9. The fourth-order valence-electron chi connectivity index (χ4n) is 3.97. The second-order valence-electron chi connectivity index (χ2n) is 8.25. The summed E-state index contributed by atoms with van der Waals surface area (Å²) in [5.74, 6) is 1.53. The van der Waals surface area contributed by atoms with E-state index < -0.39 is 0 Å². The van der Waals surface area contributed by atoms with E-state index >= 15 is 0 Å². The van der Waals surface area contributed by atoms with Crippen molar-refractivity contribution in [1.82, 2.24) is 9.80 Å². The maximum atomic E-state index is 13.4. The molecule has 0 bridgehead atoms. The van der Waals surface area contributed by atoms with E-state index in [9.17, 15) is 9.59 Å². The van der Waals surface area contributed by atoms with Gasteiger partial charge in [-0.2, -0.15) is 0 Å². The van der Waals surface area contributed by atoms with Gasteiger partial charge in [-0.15, -0.1) is 0 Å². The van der Waals surface area contributed by atoms with Crippen LogP contribution in [0.1, 0.15) is 49.2 Å². The summed E-state index contributed by atoms with van der Waals surface area (Å²) in [5.41, 5.74) is 0.471. The number of nitrogens with zero attached hydrogens (tertiary/aromatic N) is 2. The molecule has 0 radical (unpaired) electrons. The molecular weight excluding hydrogens is 412 g/mol. The smallest absolute Gasteiger partial charge is 0.254 e. The van der Waals surface area contributed by atoms with Crippen molar-refractivity contribution in [2.45, 2.75) is 51.8 Å². The molecule has 0 saturated carbocycles. The molecule has 8 nitrogen and oxygen atoms in total. The molecule has 32 heavy (non-hydrogen) atoms. The molecule has 1 saturated heterocycles. The van der Waals surface area contributed by atoms with E-state index in [1.54, 1.807) is 40.3 Å². The maximum Gasteiger partial charge on any atom is 0.254 e. The van der Waals surface area contributed by atoms with Crippen molar-refractivity contribution in [3.8, 4) is 11.5 Å². The van der Waals surface area contributed by atoms with Crippen molar-refractivity contribution in [2.24, 2.45) is 0 Å². The van der Waals surface area contributed by atoms with E-state index in [1.807, 2.05) is 19.9 Å². The highest BCUT2D eigenvalue weighted by molar-refractivity contribution is 5.97. The zero-order chi connectivity index (χ0) is 22.5. The first-order valence-electron chi connectivity index (χ1n) is 11.2. The van der Waals surface area contributed by atoms with Gasteiger partial charge in [0.15, 0.2) is 11.5 Å². The quantitative estimate of drug-likeness (QED) is 0.592. The largest absolute Gasteiger partial charge is 0.467 e. The van der Waals surface area contributed by atoms with Crippen LogP contribution in [0.3, 0.4) is 0 Å². The van der Waals surface area contributed by atoms with Gasteiger partial charge in [0.25, 0.3) is 5.91 Å². The van der Waals surface area contributed by atoms with E-state index in [2.05, 4.69) is 0 Å². The number of hydrogen-bond donors (Lipinski definition) is 0. The summed E-state index contributed by atoms with van der Waals surface area (Å²) in [6.07, 6.45) is 4.25. The molecule has 4 rings (SSSR count). The van der Waals surface area contributed by atoms with Crippen molar-refractivity contribution in [2.75, 3.05) is 26.5 Å². The van der Waals surface area contributed by atoms with Crippen LogP contribution in [0.15, 0.2) is 41.0 Å². The van der Waals surface area contributed by atoms with Gasteiger partial charge >= 0.3 is 0 Å². The summed E-state index contributed by atoms with van der Waals surface area (Å²) < 4.78 is 22.0. The Morgan fingerprint density at radius 1 is 1.19 bits per heavy atom. The number of hydrogen-bond acceptors (Lipinski definition) is 6. The van der Waals surface area contributed by atoms with E-state index in [0.717, 1.165) is 25.9 Å². The van der Waals surface area contributed by atoms with Gasteiger partial charge in [0.1, 0.15) is 12.3 Å². The third kappa shape index (κ3) is 5.07. The summed E-state index contributed by atoms with van der Waals surface area (Å²) in [5, 5.41) is 0. The van der Waals surface area contributed by atoms with Crippen LogP contribution in [0.5, 0.6) is 11.5 Å². The molecule has 2 atom stereocenters. The van der Waals surface area contributed by atoms with Gasteiger partial charge in [0, 0.05) is 24.8 Å². The number of fused-ring (bicyclic) bond motifs is 1. The fourth-order valence-corrected chi connectivity index (χ4v) is 3.97. The molecule has 0 aliphatic carbocycles. The number of benzene rings is 1. The molecule has 8 heteroatoms. The van der Waals surface area contributed by atoms with E-state index in [4.69, 9.17) is 18.6 Å². The van der Waals surface area contributed by atoms with Crippen LogP contribution in [0.4, 0.5) is 0 Å². The van der Waals surface area contributed by atoms with Crippen molar-refractivity contribution in [1.29, 1.82) is 0 Å². The molecule has 2 aliphatic rings. The molecule has 2 amide bonds. The Hall–Kier alpha value is -3.00. The number of rotatable bonds is 9. The first-order valence-corrected chi connectivity index (χ1v) is 11.2. The number of carbonyl (C=O) groups is 2. The molecule has 2 unspecified atom stereocenters. The second-order valence-corrected chi connectivity index (χ2v) is 8.25. The van der Waals surface area contributed by atoms with E-state index in [1.165, 1.54) is 0 Å².